The molecule has 6 rings (SSSR count). The molecule has 5 aliphatic carbocycles. The molecule has 5 fully saturated rings. The second-order valence-corrected chi connectivity index (χ2v) is 17.2. The van der Waals surface area contributed by atoms with Crippen LogP contribution in [0.2, 0.25) is 0 Å². The van der Waals surface area contributed by atoms with E-state index >= 15 is 0 Å². The highest BCUT2D eigenvalue weighted by Gasteiger charge is 2.66. The second kappa shape index (κ2) is 11.9. The maximum atomic E-state index is 12.7. The lowest BCUT2D eigenvalue weighted by atomic mass is 9.36. The number of rotatable bonds is 8. The number of carbonyl (C=O) groups excluding carboxylic acids is 1. The predicted octanol–water partition coefficient (Wildman–Crippen LogP) is 7.68. The number of hydrogen-bond acceptors (Lipinski definition) is 4. The van der Waals surface area contributed by atoms with Gasteiger partial charge >= 0.3 is 0 Å². The van der Waals surface area contributed by atoms with Gasteiger partial charge in [0.25, 0.3) is 5.91 Å². The fourth-order valence-corrected chi connectivity index (χ4v) is 12.9. The first-order chi connectivity index (χ1) is 20.9. The van der Waals surface area contributed by atoms with Crippen LogP contribution in [0, 0.1) is 57.2 Å². The molecule has 1 amide bonds. The second-order valence-electron chi connectivity index (χ2n) is 17.2. The lowest BCUT2D eigenvalue weighted by Gasteiger charge is -2.69. The molecule has 3 N–H and O–H groups in total. The molecule has 1 aromatic carbocycles. The quantitative estimate of drug-likeness (QED) is 0.282. The molecule has 1 aromatic rings. The highest BCUT2D eigenvalue weighted by molar-refractivity contribution is 5.94. The van der Waals surface area contributed by atoms with Crippen LogP contribution >= 0.6 is 0 Å². The van der Waals surface area contributed by atoms with Crippen LogP contribution in [0.1, 0.15) is 121 Å². The van der Waals surface area contributed by atoms with E-state index in [2.05, 4.69) is 50.9 Å². The van der Waals surface area contributed by atoms with Crippen LogP contribution in [0.4, 0.5) is 4.53 Å². The summed E-state index contributed by atoms with van der Waals surface area (Å²) >= 11 is 0. The summed E-state index contributed by atoms with van der Waals surface area (Å²) in [5.41, 5.74) is 2.94. The molecule has 0 radical (unpaired) electrons. The summed E-state index contributed by atoms with van der Waals surface area (Å²) in [6.45, 7) is 12.1. The molecule has 0 spiro atoms. The van der Waals surface area contributed by atoms with Gasteiger partial charge in [-0.25, -0.2) is 0 Å². The van der Waals surface area contributed by atoms with E-state index in [1.807, 2.05) is 18.2 Å². The number of amides is 1. The van der Waals surface area contributed by atoms with E-state index in [-0.39, 0.29) is 24.0 Å². The fraction of sp³-hybridized carbons (Fsp3) is 0.816. The normalized spacial score (nSPS) is 43.2. The van der Waals surface area contributed by atoms with Gasteiger partial charge < -0.3 is 15.5 Å². The van der Waals surface area contributed by atoms with Crippen molar-refractivity contribution in [2.75, 3.05) is 13.2 Å². The number of carbonyl (C=O) groups is 1. The summed E-state index contributed by atoms with van der Waals surface area (Å²) in [5.74, 6) is 4.34. The van der Waals surface area contributed by atoms with Gasteiger partial charge in [0.2, 0.25) is 0 Å². The van der Waals surface area contributed by atoms with Crippen molar-refractivity contribution in [1.29, 1.82) is 0 Å². The third-order valence-corrected chi connectivity index (χ3v) is 14.9. The molecule has 11 atom stereocenters. The number of aryl methyl sites for hydroxylation is 1. The van der Waals surface area contributed by atoms with Gasteiger partial charge in [-0.1, -0.05) is 46.8 Å². The zero-order valence-corrected chi connectivity index (χ0v) is 27.9. The van der Waals surface area contributed by atoms with Crippen LogP contribution < -0.4 is 5.32 Å². The molecule has 0 aliphatic heterocycles. The van der Waals surface area contributed by atoms with Crippen LogP contribution in [-0.2, 0) is 11.4 Å². The summed E-state index contributed by atoms with van der Waals surface area (Å²) in [6, 6.07) is 7.91. The van der Waals surface area contributed by atoms with Crippen molar-refractivity contribution in [2.24, 2.45) is 57.2 Å². The van der Waals surface area contributed by atoms with E-state index in [1.165, 1.54) is 69.8 Å². The van der Waals surface area contributed by atoms with Gasteiger partial charge in [0.1, 0.15) is 6.61 Å². The maximum Gasteiger partial charge on any atom is 0.251 e. The molecular formula is C38H58FNO4. The fourth-order valence-electron chi connectivity index (χ4n) is 12.9. The van der Waals surface area contributed by atoms with E-state index in [4.69, 9.17) is 0 Å². The van der Waals surface area contributed by atoms with E-state index in [9.17, 15) is 19.5 Å². The van der Waals surface area contributed by atoms with Crippen molar-refractivity contribution in [3.63, 3.8) is 0 Å². The topological polar surface area (TPSA) is 78.8 Å². The molecule has 0 heterocycles. The Morgan fingerprint density at radius 2 is 1.75 bits per heavy atom. The molecule has 246 valence electrons. The number of halogens is 1. The predicted molar refractivity (Wildman–Crippen MR) is 171 cm³/mol. The summed E-state index contributed by atoms with van der Waals surface area (Å²) < 4.78 is 12.0. The van der Waals surface area contributed by atoms with Crippen molar-refractivity contribution in [3.8, 4) is 0 Å². The molecule has 11 unspecified atom stereocenters. The van der Waals surface area contributed by atoms with Gasteiger partial charge in [0, 0.05) is 12.1 Å². The monoisotopic (exact) mass is 611 g/mol. The van der Waals surface area contributed by atoms with Crippen LogP contribution in [-0.4, -0.2) is 41.5 Å². The minimum atomic E-state index is -1.07. The standard InChI is InChI=1S/C38H58FNO4/c1-24-11-18-38(19-12-25-7-6-8-26(21-25)34(43)40-22-27(41)23-44-39)20-13-29-28(33(24)38)9-10-31-36(29,4)16-14-30-35(2,3)32(42)15-17-37(30,31)5/h6-8,21,24,27-33,41-42H,9-20,22-23H2,1-5H3,(H,40,43). The Morgan fingerprint density at radius 3 is 2.52 bits per heavy atom. The highest BCUT2D eigenvalue weighted by atomic mass is 19.3. The summed E-state index contributed by atoms with van der Waals surface area (Å²) in [6.07, 6.45) is 13.8. The highest BCUT2D eigenvalue weighted by Crippen LogP contribution is 2.73. The van der Waals surface area contributed by atoms with Gasteiger partial charge in [-0.3, -0.25) is 4.79 Å². The first-order valence-corrected chi connectivity index (χ1v) is 17.8. The third kappa shape index (κ3) is 5.27. The van der Waals surface area contributed by atoms with Gasteiger partial charge in [0.15, 0.2) is 0 Å². The molecule has 0 aromatic heterocycles. The Balaban J connectivity index is 1.17. The van der Waals surface area contributed by atoms with E-state index < -0.39 is 12.7 Å². The zero-order valence-electron chi connectivity index (χ0n) is 27.9. The van der Waals surface area contributed by atoms with Crippen LogP contribution in [0.5, 0.6) is 0 Å². The number of aliphatic hydroxyl groups is 2. The number of hydrogen-bond donors (Lipinski definition) is 3. The molecule has 5 aliphatic rings. The largest absolute Gasteiger partial charge is 0.393 e. The summed E-state index contributed by atoms with van der Waals surface area (Å²) in [4.78, 5) is 16.2. The van der Waals surface area contributed by atoms with Gasteiger partial charge in [-0.15, -0.1) is 0 Å². The summed E-state index contributed by atoms with van der Waals surface area (Å²) in [7, 11) is 0. The third-order valence-electron chi connectivity index (χ3n) is 14.9. The van der Waals surface area contributed by atoms with Gasteiger partial charge in [0.05, 0.1) is 12.2 Å². The number of aliphatic hydroxyl groups excluding tert-OH is 2. The van der Waals surface area contributed by atoms with Crippen LogP contribution in [0.3, 0.4) is 0 Å². The smallest absolute Gasteiger partial charge is 0.251 e. The van der Waals surface area contributed by atoms with E-state index in [0.717, 1.165) is 42.4 Å². The minimum absolute atomic E-state index is 0.0103. The Morgan fingerprint density at radius 1 is 1.00 bits per heavy atom. The molecule has 5 saturated carbocycles. The van der Waals surface area contributed by atoms with Gasteiger partial charge in [-0.2, -0.15) is 4.94 Å². The molecule has 6 heteroatoms. The van der Waals surface area contributed by atoms with Crippen molar-refractivity contribution in [2.45, 2.75) is 124 Å². The minimum Gasteiger partial charge on any atom is -0.393 e. The SMILES string of the molecule is CC1CCC2(CCc3cccc(C(=O)NCC(O)COF)c3)CCC3C(CCC4C3(C)CCC3C(C)(C)C(O)CCC34C)C12. The zero-order chi connectivity index (χ0) is 31.5. The molecular weight excluding hydrogens is 553 g/mol. The Bertz CT molecular complexity index is 1210. The Kier molecular flexibility index (Phi) is 8.80. The Labute approximate surface area is 265 Å². The van der Waals surface area contributed by atoms with Crippen LogP contribution in [0.15, 0.2) is 24.3 Å². The van der Waals surface area contributed by atoms with E-state index in [0.29, 0.717) is 27.7 Å². The van der Waals surface area contributed by atoms with E-state index in [1.54, 1.807) is 0 Å². The van der Waals surface area contributed by atoms with Crippen molar-refractivity contribution < 1.29 is 24.5 Å². The average molecular weight is 612 g/mol. The summed E-state index contributed by atoms with van der Waals surface area (Å²) in [5, 5.41) is 23.4. The van der Waals surface area contributed by atoms with Crippen molar-refractivity contribution in [3.05, 3.63) is 35.4 Å². The number of fused-ring (bicyclic) bond motifs is 7. The molecule has 0 saturated heterocycles. The van der Waals surface area contributed by atoms with Gasteiger partial charge in [-0.05, 0) is 156 Å². The maximum absolute atomic E-state index is 12.7. The lowest BCUT2D eigenvalue weighted by Crippen LogP contribution is -2.63. The molecule has 0 bridgehead atoms. The van der Waals surface area contributed by atoms with Crippen molar-refractivity contribution >= 4 is 5.91 Å². The Hall–Kier alpha value is -1.50. The first-order valence-electron chi connectivity index (χ1n) is 17.8. The average Bonchev–Trinajstić information content (AvgIpc) is 3.34. The first kappa shape index (κ1) is 32.4. The number of benzene rings is 1. The number of nitrogens with one attached hydrogen (secondary N) is 1. The molecule has 5 nitrogen and oxygen atoms in total. The molecule has 44 heavy (non-hydrogen) atoms. The lowest BCUT2D eigenvalue weighted by molar-refractivity contribution is -0.216. The van der Waals surface area contributed by atoms with Crippen LogP contribution in [0.25, 0.3) is 0 Å². The van der Waals surface area contributed by atoms with Crippen molar-refractivity contribution in [1.82, 2.24) is 5.32 Å².